The Kier molecular flexibility index (Phi) is 7.71. The fourth-order valence-corrected chi connectivity index (χ4v) is 3.43. The molecule has 0 aliphatic heterocycles. The van der Waals surface area contributed by atoms with Gasteiger partial charge in [0.1, 0.15) is 5.75 Å². The molecule has 0 radical (unpaired) electrons. The molecule has 0 fully saturated rings. The molecule has 2 atom stereocenters. The summed E-state index contributed by atoms with van der Waals surface area (Å²) in [5, 5.41) is 3.19. The van der Waals surface area contributed by atoms with E-state index >= 15 is 0 Å². The first-order chi connectivity index (χ1) is 8.26. The minimum atomic E-state index is -1.10. The molecule has 0 rings (SSSR count). The van der Waals surface area contributed by atoms with Crippen LogP contribution in [0.5, 0.6) is 0 Å². The van der Waals surface area contributed by atoms with E-state index in [1.807, 2.05) is 20.9 Å². The van der Waals surface area contributed by atoms with Crippen molar-refractivity contribution < 1.29 is 9.00 Å². The molecular weight excluding hydrogens is 248 g/mol. The second-order valence-electron chi connectivity index (χ2n) is 5.52. The van der Waals surface area contributed by atoms with Crippen molar-refractivity contribution in [3.63, 3.8) is 0 Å². The van der Waals surface area contributed by atoms with E-state index in [0.29, 0.717) is 18.8 Å². The number of carbonyl (C=O) groups is 1. The maximum Gasteiger partial charge on any atom is 0.235 e. The lowest BCUT2D eigenvalue weighted by molar-refractivity contribution is -0.128. The highest BCUT2D eigenvalue weighted by Gasteiger charge is 2.26. The van der Waals surface area contributed by atoms with Gasteiger partial charge in [-0.15, -0.1) is 0 Å². The summed E-state index contributed by atoms with van der Waals surface area (Å²) in [7, 11) is 0.770. The molecule has 0 saturated carbocycles. The molecule has 0 saturated heterocycles. The molecule has 1 amide bonds. The lowest BCUT2D eigenvalue weighted by Crippen LogP contribution is -2.44. The van der Waals surface area contributed by atoms with Gasteiger partial charge in [0.15, 0.2) is 0 Å². The van der Waals surface area contributed by atoms with E-state index in [0.717, 1.165) is 0 Å². The molecule has 0 spiro atoms. The number of hydrogen-bond donors (Lipinski definition) is 1. The minimum absolute atomic E-state index is 0.0119. The summed E-state index contributed by atoms with van der Waals surface area (Å²) in [4.78, 5) is 13.6. The van der Waals surface area contributed by atoms with Gasteiger partial charge in [-0.3, -0.25) is 9.00 Å². The van der Waals surface area contributed by atoms with E-state index in [9.17, 15) is 9.00 Å². The van der Waals surface area contributed by atoms with Crippen LogP contribution in [0.1, 0.15) is 34.6 Å². The Labute approximate surface area is 114 Å². The molecule has 108 valence electrons. The molecule has 0 aliphatic carbocycles. The van der Waals surface area contributed by atoms with Crippen molar-refractivity contribution in [3.8, 4) is 0 Å². The standard InChI is InChI=1S/C13H28N2O2S/c1-7-15(8-2)12(16)10-18(17)9-11(14-6)13(3,4)5/h11,14H,7-10H2,1-6H3. The Morgan fingerprint density at radius 2 is 1.78 bits per heavy atom. The van der Waals surface area contributed by atoms with Crippen molar-refractivity contribution in [3.05, 3.63) is 0 Å². The van der Waals surface area contributed by atoms with Crippen molar-refractivity contribution >= 4 is 16.7 Å². The maximum atomic E-state index is 12.0. The lowest BCUT2D eigenvalue weighted by Gasteiger charge is -2.30. The van der Waals surface area contributed by atoms with E-state index in [-0.39, 0.29) is 23.1 Å². The number of hydrogen-bond acceptors (Lipinski definition) is 3. The highest BCUT2D eigenvalue weighted by molar-refractivity contribution is 7.85. The monoisotopic (exact) mass is 276 g/mol. The van der Waals surface area contributed by atoms with Crippen LogP contribution >= 0.6 is 0 Å². The van der Waals surface area contributed by atoms with E-state index in [1.165, 1.54) is 0 Å². The van der Waals surface area contributed by atoms with E-state index in [2.05, 4.69) is 26.1 Å². The van der Waals surface area contributed by atoms with Crippen LogP contribution in [-0.2, 0) is 15.6 Å². The van der Waals surface area contributed by atoms with Gasteiger partial charge >= 0.3 is 0 Å². The molecular formula is C13H28N2O2S. The summed E-state index contributed by atoms with van der Waals surface area (Å²) >= 11 is 0. The molecule has 18 heavy (non-hydrogen) atoms. The highest BCUT2D eigenvalue weighted by Crippen LogP contribution is 2.19. The number of carbonyl (C=O) groups excluding carboxylic acids is 1. The third-order valence-electron chi connectivity index (χ3n) is 3.15. The fourth-order valence-electron chi connectivity index (χ4n) is 1.82. The molecule has 2 unspecified atom stereocenters. The first-order valence-corrected chi connectivity index (χ1v) is 8.05. The predicted molar refractivity (Wildman–Crippen MR) is 78.1 cm³/mol. The van der Waals surface area contributed by atoms with Crippen LogP contribution < -0.4 is 5.32 Å². The highest BCUT2D eigenvalue weighted by atomic mass is 32.2. The Morgan fingerprint density at radius 3 is 2.11 bits per heavy atom. The first kappa shape index (κ1) is 17.6. The molecule has 0 bridgehead atoms. The quantitative estimate of drug-likeness (QED) is 0.761. The lowest BCUT2D eigenvalue weighted by atomic mass is 9.88. The summed E-state index contributed by atoms with van der Waals surface area (Å²) in [5.74, 6) is 0.644. The Hall–Kier alpha value is -0.420. The summed E-state index contributed by atoms with van der Waals surface area (Å²) < 4.78 is 12.0. The van der Waals surface area contributed by atoms with Crippen LogP contribution in [0.3, 0.4) is 0 Å². The third kappa shape index (κ3) is 5.96. The van der Waals surface area contributed by atoms with Gasteiger partial charge in [0.25, 0.3) is 0 Å². The average molecular weight is 276 g/mol. The summed E-state index contributed by atoms with van der Waals surface area (Å²) in [6.45, 7) is 11.6. The predicted octanol–water partition coefficient (Wildman–Crippen LogP) is 1.24. The fraction of sp³-hybridized carbons (Fsp3) is 0.923. The summed E-state index contributed by atoms with van der Waals surface area (Å²) in [6, 6.07) is 0.155. The minimum Gasteiger partial charge on any atom is -0.342 e. The van der Waals surface area contributed by atoms with Gasteiger partial charge in [0, 0.05) is 35.7 Å². The van der Waals surface area contributed by atoms with Gasteiger partial charge in [-0.05, 0) is 26.3 Å². The molecule has 0 aliphatic rings. The number of nitrogens with one attached hydrogen (secondary N) is 1. The van der Waals surface area contributed by atoms with Gasteiger partial charge in [-0.1, -0.05) is 20.8 Å². The molecule has 0 aromatic rings. The summed E-state index contributed by atoms with van der Waals surface area (Å²) in [6.07, 6.45) is 0. The zero-order valence-corrected chi connectivity index (χ0v) is 13.4. The van der Waals surface area contributed by atoms with Gasteiger partial charge < -0.3 is 10.2 Å². The second-order valence-corrected chi connectivity index (χ2v) is 7.03. The average Bonchev–Trinajstić information content (AvgIpc) is 2.25. The Morgan fingerprint density at radius 1 is 1.28 bits per heavy atom. The van der Waals surface area contributed by atoms with Crippen molar-refractivity contribution in [1.29, 1.82) is 0 Å². The van der Waals surface area contributed by atoms with Crippen LogP contribution in [0.4, 0.5) is 0 Å². The second kappa shape index (κ2) is 7.89. The van der Waals surface area contributed by atoms with Crippen molar-refractivity contribution in [2.24, 2.45) is 5.41 Å². The molecule has 1 N–H and O–H groups in total. The first-order valence-electron chi connectivity index (χ1n) is 6.56. The van der Waals surface area contributed by atoms with Gasteiger partial charge in [-0.2, -0.15) is 0 Å². The molecule has 5 heteroatoms. The van der Waals surface area contributed by atoms with Crippen LogP contribution in [0, 0.1) is 5.41 Å². The Bertz CT molecular complexity index is 283. The zero-order chi connectivity index (χ0) is 14.3. The summed E-state index contributed by atoms with van der Waals surface area (Å²) in [5.41, 5.74) is 0.0443. The maximum absolute atomic E-state index is 12.0. The number of amides is 1. The number of rotatable bonds is 7. The van der Waals surface area contributed by atoms with E-state index in [1.54, 1.807) is 4.90 Å². The smallest absolute Gasteiger partial charge is 0.235 e. The van der Waals surface area contributed by atoms with Gasteiger partial charge in [0.05, 0.1) is 0 Å². The van der Waals surface area contributed by atoms with Crippen LogP contribution in [0.15, 0.2) is 0 Å². The van der Waals surface area contributed by atoms with Crippen LogP contribution in [0.25, 0.3) is 0 Å². The topological polar surface area (TPSA) is 49.4 Å². The third-order valence-corrected chi connectivity index (χ3v) is 4.42. The largest absolute Gasteiger partial charge is 0.342 e. The van der Waals surface area contributed by atoms with Crippen LogP contribution in [0.2, 0.25) is 0 Å². The normalized spacial score (nSPS) is 15.2. The zero-order valence-electron chi connectivity index (χ0n) is 12.6. The van der Waals surface area contributed by atoms with E-state index in [4.69, 9.17) is 0 Å². The van der Waals surface area contributed by atoms with Crippen LogP contribution in [-0.4, -0.2) is 52.7 Å². The van der Waals surface area contributed by atoms with Crippen molar-refractivity contribution in [1.82, 2.24) is 10.2 Å². The van der Waals surface area contributed by atoms with E-state index < -0.39 is 10.8 Å². The Balaban J connectivity index is 4.38. The SMILES string of the molecule is CCN(CC)C(=O)CS(=O)CC(NC)C(C)(C)C. The molecule has 0 aromatic heterocycles. The molecule has 0 aromatic carbocycles. The van der Waals surface area contributed by atoms with Crippen molar-refractivity contribution in [2.75, 3.05) is 31.6 Å². The van der Waals surface area contributed by atoms with Gasteiger partial charge in [-0.25, -0.2) is 0 Å². The molecule has 0 heterocycles. The number of nitrogens with zero attached hydrogens (tertiary/aromatic N) is 1. The van der Waals surface area contributed by atoms with Gasteiger partial charge in [0.2, 0.25) is 5.91 Å². The molecule has 4 nitrogen and oxygen atoms in total. The van der Waals surface area contributed by atoms with Crippen molar-refractivity contribution in [2.45, 2.75) is 40.7 Å².